The molecule has 6 heteroatoms. The van der Waals surface area contributed by atoms with E-state index < -0.39 is 5.97 Å². The van der Waals surface area contributed by atoms with Crippen molar-refractivity contribution >= 4 is 22.9 Å². The smallest absolute Gasteiger partial charge is 0.303 e. The van der Waals surface area contributed by atoms with E-state index in [1.165, 1.54) is 0 Å². The summed E-state index contributed by atoms with van der Waals surface area (Å²) in [5, 5.41) is 8.85. The van der Waals surface area contributed by atoms with Gasteiger partial charge in [0.1, 0.15) is 0 Å². The molecule has 1 fully saturated rings. The lowest BCUT2D eigenvalue weighted by Gasteiger charge is -2.32. The number of benzene rings is 1. The summed E-state index contributed by atoms with van der Waals surface area (Å²) in [7, 11) is 0. The molecule has 0 spiro atoms. The van der Waals surface area contributed by atoms with Gasteiger partial charge in [-0.2, -0.15) is 0 Å². The minimum atomic E-state index is -0.776. The Kier molecular flexibility index (Phi) is 4.97. The molecule has 132 valence electrons. The number of nitrogens with zero attached hydrogens (tertiary/aromatic N) is 3. The van der Waals surface area contributed by atoms with Crippen molar-refractivity contribution in [3.63, 3.8) is 0 Å². The molecule has 3 rings (SSSR count). The summed E-state index contributed by atoms with van der Waals surface area (Å²) < 4.78 is 0. The van der Waals surface area contributed by atoms with Crippen molar-refractivity contribution in [2.24, 2.45) is 5.92 Å². The van der Waals surface area contributed by atoms with E-state index in [-0.39, 0.29) is 18.2 Å². The fraction of sp³-hybridized carbons (Fsp3) is 0.474. The van der Waals surface area contributed by atoms with Crippen molar-refractivity contribution in [1.82, 2.24) is 14.9 Å². The fourth-order valence-electron chi connectivity index (χ4n) is 3.36. The van der Waals surface area contributed by atoms with Crippen LogP contribution in [0.2, 0.25) is 0 Å². The number of aliphatic carboxylic acids is 1. The Morgan fingerprint density at radius 1 is 1.20 bits per heavy atom. The van der Waals surface area contributed by atoms with Crippen molar-refractivity contribution in [2.45, 2.75) is 39.5 Å². The zero-order chi connectivity index (χ0) is 18.0. The normalized spacial score (nSPS) is 17.7. The number of aromatic nitrogens is 2. The predicted octanol–water partition coefficient (Wildman–Crippen LogP) is 2.96. The highest BCUT2D eigenvalue weighted by molar-refractivity contribution is 5.97. The molecule has 0 bridgehead atoms. The first-order valence-electron chi connectivity index (χ1n) is 8.70. The molecule has 25 heavy (non-hydrogen) atoms. The van der Waals surface area contributed by atoms with Gasteiger partial charge in [0.05, 0.1) is 22.4 Å². The largest absolute Gasteiger partial charge is 0.481 e. The molecule has 1 aliphatic heterocycles. The van der Waals surface area contributed by atoms with Crippen LogP contribution in [0.5, 0.6) is 0 Å². The molecule has 6 nitrogen and oxygen atoms in total. The van der Waals surface area contributed by atoms with Crippen LogP contribution in [-0.2, 0) is 4.79 Å². The van der Waals surface area contributed by atoms with Crippen molar-refractivity contribution in [2.75, 3.05) is 13.1 Å². The fourth-order valence-corrected chi connectivity index (χ4v) is 3.36. The van der Waals surface area contributed by atoms with Gasteiger partial charge in [-0.25, -0.2) is 9.97 Å². The number of likely N-dealkylation sites (tertiary alicyclic amines) is 1. The van der Waals surface area contributed by atoms with Crippen LogP contribution in [0.3, 0.4) is 0 Å². The maximum Gasteiger partial charge on any atom is 0.303 e. The van der Waals surface area contributed by atoms with Gasteiger partial charge in [0.2, 0.25) is 0 Å². The molecule has 0 radical (unpaired) electrons. The number of hydrogen-bond acceptors (Lipinski definition) is 4. The molecule has 1 N–H and O–H groups in total. The molecule has 2 aromatic rings. The highest BCUT2D eigenvalue weighted by Crippen LogP contribution is 2.23. The van der Waals surface area contributed by atoms with Crippen molar-refractivity contribution in [1.29, 1.82) is 0 Å². The Morgan fingerprint density at radius 3 is 2.64 bits per heavy atom. The lowest BCUT2D eigenvalue weighted by molar-refractivity contribution is -0.137. The van der Waals surface area contributed by atoms with Gasteiger partial charge in [0.15, 0.2) is 0 Å². The molecular formula is C19H23N3O3. The maximum atomic E-state index is 12.8. The Bertz CT molecular complexity index is 819. The molecule has 1 atom stereocenters. The molecule has 1 aromatic heterocycles. The monoisotopic (exact) mass is 341 g/mol. The van der Waals surface area contributed by atoms with E-state index in [9.17, 15) is 9.59 Å². The van der Waals surface area contributed by atoms with Crippen molar-refractivity contribution in [3.8, 4) is 0 Å². The third-order valence-corrected chi connectivity index (χ3v) is 4.89. The van der Waals surface area contributed by atoms with E-state index >= 15 is 0 Å². The average Bonchev–Trinajstić information content (AvgIpc) is 2.60. The molecule has 1 saturated heterocycles. The first kappa shape index (κ1) is 17.3. The van der Waals surface area contributed by atoms with Crippen molar-refractivity contribution in [3.05, 3.63) is 35.2 Å². The summed E-state index contributed by atoms with van der Waals surface area (Å²) in [6.45, 7) is 5.18. The van der Waals surface area contributed by atoms with Gasteiger partial charge >= 0.3 is 5.97 Å². The van der Waals surface area contributed by atoms with Crippen LogP contribution in [0.1, 0.15) is 47.4 Å². The second kappa shape index (κ2) is 7.17. The van der Waals surface area contributed by atoms with Gasteiger partial charge in [-0.05, 0) is 57.2 Å². The second-order valence-corrected chi connectivity index (χ2v) is 6.79. The first-order chi connectivity index (χ1) is 11.9. The number of aryl methyl sites for hydroxylation is 2. The zero-order valence-electron chi connectivity index (χ0n) is 14.7. The predicted molar refractivity (Wildman–Crippen MR) is 94.5 cm³/mol. The van der Waals surface area contributed by atoms with Gasteiger partial charge in [-0.15, -0.1) is 0 Å². The van der Waals surface area contributed by atoms with Crippen LogP contribution in [-0.4, -0.2) is 44.9 Å². The molecular weight excluding hydrogens is 318 g/mol. The number of carboxylic acid groups (broad SMARTS) is 1. The van der Waals surface area contributed by atoms with Crippen LogP contribution in [0, 0.1) is 19.8 Å². The molecule has 1 unspecified atom stereocenters. The van der Waals surface area contributed by atoms with E-state index in [1.807, 2.05) is 24.8 Å². The Hall–Kier alpha value is -2.50. The summed E-state index contributed by atoms with van der Waals surface area (Å²) in [6.07, 6.45) is 2.69. The lowest BCUT2D eigenvalue weighted by atomic mass is 9.93. The lowest BCUT2D eigenvalue weighted by Crippen LogP contribution is -2.40. The summed E-state index contributed by atoms with van der Waals surface area (Å²) in [5.74, 6) is -0.525. The van der Waals surface area contributed by atoms with Crippen LogP contribution in [0.25, 0.3) is 11.0 Å². The zero-order valence-corrected chi connectivity index (χ0v) is 14.7. The number of carboxylic acids is 1. The SMILES string of the molecule is Cc1nc2ccc(C(=O)N3CCCC(CCC(=O)O)C3)cc2nc1C. The minimum Gasteiger partial charge on any atom is -0.481 e. The van der Waals surface area contributed by atoms with Crippen LogP contribution >= 0.6 is 0 Å². The third-order valence-electron chi connectivity index (χ3n) is 4.89. The van der Waals surface area contributed by atoms with E-state index in [0.29, 0.717) is 18.5 Å². The molecule has 0 aliphatic carbocycles. The number of carbonyl (C=O) groups is 2. The van der Waals surface area contributed by atoms with Gasteiger partial charge in [0, 0.05) is 25.1 Å². The molecule has 0 saturated carbocycles. The van der Waals surface area contributed by atoms with Gasteiger partial charge < -0.3 is 10.0 Å². The van der Waals surface area contributed by atoms with Gasteiger partial charge in [-0.1, -0.05) is 0 Å². The van der Waals surface area contributed by atoms with Crippen molar-refractivity contribution < 1.29 is 14.7 Å². The quantitative estimate of drug-likeness (QED) is 0.924. The Balaban J connectivity index is 1.76. The standard InChI is InChI=1S/C19H23N3O3/c1-12-13(2)21-17-10-15(6-7-16(17)20-12)19(25)22-9-3-4-14(11-22)5-8-18(23)24/h6-7,10,14H,3-5,8-9,11H2,1-2H3,(H,23,24). The number of piperidine rings is 1. The van der Waals surface area contributed by atoms with Crippen LogP contribution in [0.4, 0.5) is 0 Å². The van der Waals surface area contributed by atoms with Crippen LogP contribution in [0.15, 0.2) is 18.2 Å². The first-order valence-corrected chi connectivity index (χ1v) is 8.70. The average molecular weight is 341 g/mol. The van der Waals surface area contributed by atoms with Crippen LogP contribution < -0.4 is 0 Å². The molecule has 1 aromatic carbocycles. The maximum absolute atomic E-state index is 12.8. The second-order valence-electron chi connectivity index (χ2n) is 6.79. The summed E-state index contributed by atoms with van der Waals surface area (Å²) in [5.41, 5.74) is 3.89. The number of amides is 1. The highest BCUT2D eigenvalue weighted by atomic mass is 16.4. The van der Waals surface area contributed by atoms with E-state index in [1.54, 1.807) is 12.1 Å². The number of fused-ring (bicyclic) bond motifs is 1. The molecule has 2 heterocycles. The number of hydrogen-bond donors (Lipinski definition) is 1. The summed E-state index contributed by atoms with van der Waals surface area (Å²) >= 11 is 0. The number of rotatable bonds is 4. The third kappa shape index (κ3) is 3.95. The summed E-state index contributed by atoms with van der Waals surface area (Å²) in [6, 6.07) is 5.45. The number of carbonyl (C=O) groups excluding carboxylic acids is 1. The van der Waals surface area contributed by atoms with E-state index in [0.717, 1.165) is 41.8 Å². The highest BCUT2D eigenvalue weighted by Gasteiger charge is 2.25. The topological polar surface area (TPSA) is 83.4 Å². The van der Waals surface area contributed by atoms with E-state index in [2.05, 4.69) is 9.97 Å². The molecule has 1 amide bonds. The Morgan fingerprint density at radius 2 is 1.92 bits per heavy atom. The van der Waals surface area contributed by atoms with Gasteiger partial charge in [-0.3, -0.25) is 9.59 Å². The van der Waals surface area contributed by atoms with Gasteiger partial charge in [0.25, 0.3) is 5.91 Å². The minimum absolute atomic E-state index is 0.0121. The molecule has 1 aliphatic rings. The Labute approximate surface area is 146 Å². The summed E-state index contributed by atoms with van der Waals surface area (Å²) in [4.78, 5) is 34.5. The van der Waals surface area contributed by atoms with E-state index in [4.69, 9.17) is 5.11 Å².